The van der Waals surface area contributed by atoms with Gasteiger partial charge in [-0.3, -0.25) is 0 Å². The fraction of sp³-hybridized carbons (Fsp3) is 0.143. The first-order chi connectivity index (χ1) is 10.1. The smallest absolute Gasteiger partial charge is 0.243 e. The monoisotopic (exact) mass is 303 g/mol. The van der Waals surface area contributed by atoms with Crippen molar-refractivity contribution < 1.29 is 13.2 Å². The van der Waals surface area contributed by atoms with Crippen LogP contribution in [0.15, 0.2) is 47.5 Å². The SMILES string of the molecule is COc1ccc(CNS(=O)(=O)c2cccnc2C#N)cc1. The third-order valence-electron chi connectivity index (χ3n) is 2.79. The molecule has 0 unspecified atom stereocenters. The van der Waals surface area contributed by atoms with Gasteiger partial charge in [0.15, 0.2) is 5.69 Å². The van der Waals surface area contributed by atoms with E-state index in [-0.39, 0.29) is 17.1 Å². The summed E-state index contributed by atoms with van der Waals surface area (Å²) in [5, 5.41) is 8.91. The lowest BCUT2D eigenvalue weighted by Gasteiger charge is -2.08. The molecule has 0 saturated heterocycles. The summed E-state index contributed by atoms with van der Waals surface area (Å²) in [6.45, 7) is 0.117. The molecule has 1 aromatic heterocycles. The molecule has 2 aromatic rings. The third kappa shape index (κ3) is 3.56. The number of aromatic nitrogens is 1. The molecular weight excluding hydrogens is 290 g/mol. The molecule has 0 aliphatic rings. The van der Waals surface area contributed by atoms with Crippen molar-refractivity contribution in [3.05, 3.63) is 53.9 Å². The first-order valence-corrected chi connectivity index (χ1v) is 7.53. The molecule has 7 heteroatoms. The van der Waals surface area contributed by atoms with Crippen molar-refractivity contribution in [3.63, 3.8) is 0 Å². The Morgan fingerprint density at radius 3 is 2.62 bits per heavy atom. The van der Waals surface area contributed by atoms with Gasteiger partial charge in [0.25, 0.3) is 0 Å². The predicted octanol–water partition coefficient (Wildman–Crippen LogP) is 1.44. The summed E-state index contributed by atoms with van der Waals surface area (Å²) < 4.78 is 31.8. The van der Waals surface area contributed by atoms with Gasteiger partial charge in [-0.1, -0.05) is 12.1 Å². The van der Waals surface area contributed by atoms with Crippen molar-refractivity contribution in [1.82, 2.24) is 9.71 Å². The van der Waals surface area contributed by atoms with Gasteiger partial charge in [0.05, 0.1) is 7.11 Å². The van der Waals surface area contributed by atoms with Gasteiger partial charge in [-0.25, -0.2) is 18.1 Å². The Bertz CT molecular complexity index is 765. The van der Waals surface area contributed by atoms with Crippen LogP contribution in [0.3, 0.4) is 0 Å². The minimum absolute atomic E-state index is 0.117. The summed E-state index contributed by atoms with van der Waals surface area (Å²) in [6.07, 6.45) is 1.38. The van der Waals surface area contributed by atoms with E-state index in [1.54, 1.807) is 37.4 Å². The number of ether oxygens (including phenoxy) is 1. The van der Waals surface area contributed by atoms with E-state index in [9.17, 15) is 8.42 Å². The van der Waals surface area contributed by atoms with Gasteiger partial charge >= 0.3 is 0 Å². The molecule has 6 nitrogen and oxygen atoms in total. The molecule has 0 aliphatic heterocycles. The zero-order valence-electron chi connectivity index (χ0n) is 11.3. The van der Waals surface area contributed by atoms with Crippen LogP contribution in [0, 0.1) is 11.3 Å². The number of methoxy groups -OCH3 is 1. The maximum Gasteiger partial charge on any atom is 0.243 e. The van der Waals surface area contributed by atoms with Crippen molar-refractivity contribution >= 4 is 10.0 Å². The first kappa shape index (κ1) is 15.0. The zero-order chi connectivity index (χ0) is 15.3. The lowest BCUT2D eigenvalue weighted by atomic mass is 10.2. The fourth-order valence-electron chi connectivity index (χ4n) is 1.69. The number of hydrogen-bond acceptors (Lipinski definition) is 5. The van der Waals surface area contributed by atoms with E-state index in [1.807, 2.05) is 0 Å². The molecule has 0 aliphatic carbocycles. The quantitative estimate of drug-likeness (QED) is 0.902. The number of pyridine rings is 1. The lowest BCUT2D eigenvalue weighted by molar-refractivity contribution is 0.414. The number of sulfonamides is 1. The van der Waals surface area contributed by atoms with Crippen molar-refractivity contribution in [2.75, 3.05) is 7.11 Å². The average molecular weight is 303 g/mol. The van der Waals surface area contributed by atoms with E-state index in [4.69, 9.17) is 10.00 Å². The van der Waals surface area contributed by atoms with E-state index >= 15 is 0 Å². The van der Waals surface area contributed by atoms with Crippen LogP contribution in [-0.4, -0.2) is 20.5 Å². The van der Waals surface area contributed by atoms with Gasteiger partial charge in [-0.2, -0.15) is 5.26 Å². The minimum Gasteiger partial charge on any atom is -0.497 e. The number of hydrogen-bond donors (Lipinski definition) is 1. The molecule has 0 bridgehead atoms. The Kier molecular flexibility index (Phi) is 4.52. The van der Waals surface area contributed by atoms with E-state index in [0.717, 1.165) is 5.56 Å². The molecule has 0 amide bonds. The minimum atomic E-state index is -3.78. The number of nitrogens with zero attached hydrogens (tertiary/aromatic N) is 2. The second-order valence-electron chi connectivity index (χ2n) is 4.13. The number of nitrogens with one attached hydrogen (secondary N) is 1. The Balaban J connectivity index is 2.16. The maximum absolute atomic E-state index is 12.2. The maximum atomic E-state index is 12.2. The van der Waals surface area contributed by atoms with Crippen LogP contribution in [0.2, 0.25) is 0 Å². The largest absolute Gasteiger partial charge is 0.497 e. The topological polar surface area (TPSA) is 92.1 Å². The molecule has 21 heavy (non-hydrogen) atoms. The Labute approximate surface area is 123 Å². The van der Waals surface area contributed by atoms with E-state index in [1.165, 1.54) is 18.3 Å². The number of benzene rings is 1. The van der Waals surface area contributed by atoms with Gasteiger partial charge in [-0.05, 0) is 29.8 Å². The van der Waals surface area contributed by atoms with Gasteiger partial charge in [0.2, 0.25) is 10.0 Å². The van der Waals surface area contributed by atoms with Gasteiger partial charge in [-0.15, -0.1) is 0 Å². The second-order valence-corrected chi connectivity index (χ2v) is 5.87. The van der Waals surface area contributed by atoms with Gasteiger partial charge in [0.1, 0.15) is 16.7 Å². The molecule has 108 valence electrons. The molecule has 0 radical (unpaired) electrons. The summed E-state index contributed by atoms with van der Waals surface area (Å²) in [5.41, 5.74) is 0.654. The highest BCUT2D eigenvalue weighted by molar-refractivity contribution is 7.89. The van der Waals surface area contributed by atoms with Crippen molar-refractivity contribution in [2.24, 2.45) is 0 Å². The second kappa shape index (κ2) is 6.35. The molecule has 0 saturated carbocycles. The van der Waals surface area contributed by atoms with E-state index < -0.39 is 10.0 Å². The first-order valence-electron chi connectivity index (χ1n) is 6.04. The Hall–Kier alpha value is -2.43. The molecule has 2 rings (SSSR count). The van der Waals surface area contributed by atoms with Crippen LogP contribution < -0.4 is 9.46 Å². The molecule has 0 spiro atoms. The highest BCUT2D eigenvalue weighted by atomic mass is 32.2. The van der Waals surface area contributed by atoms with Crippen LogP contribution in [-0.2, 0) is 16.6 Å². The molecule has 0 atom stereocenters. The predicted molar refractivity (Wildman–Crippen MR) is 76.0 cm³/mol. The molecule has 0 fully saturated rings. The summed E-state index contributed by atoms with van der Waals surface area (Å²) >= 11 is 0. The van der Waals surface area contributed by atoms with Crippen LogP contribution in [0.25, 0.3) is 0 Å². The summed E-state index contributed by atoms with van der Waals surface area (Å²) in [5.74, 6) is 0.695. The Morgan fingerprint density at radius 2 is 2.00 bits per heavy atom. The van der Waals surface area contributed by atoms with Crippen LogP contribution >= 0.6 is 0 Å². The van der Waals surface area contributed by atoms with Crippen molar-refractivity contribution in [3.8, 4) is 11.8 Å². The highest BCUT2D eigenvalue weighted by Crippen LogP contribution is 2.14. The lowest BCUT2D eigenvalue weighted by Crippen LogP contribution is -2.24. The normalized spacial score (nSPS) is 10.9. The van der Waals surface area contributed by atoms with Gasteiger partial charge < -0.3 is 4.74 Å². The summed E-state index contributed by atoms with van der Waals surface area (Å²) in [7, 11) is -2.22. The number of nitriles is 1. The standard InChI is InChI=1S/C14H13N3O3S/c1-20-12-6-4-11(5-7-12)10-17-21(18,19)14-3-2-8-16-13(14)9-15/h2-8,17H,10H2,1H3. The summed E-state index contributed by atoms with van der Waals surface area (Å²) in [4.78, 5) is 3.62. The zero-order valence-corrected chi connectivity index (χ0v) is 12.1. The average Bonchev–Trinajstić information content (AvgIpc) is 2.53. The highest BCUT2D eigenvalue weighted by Gasteiger charge is 2.18. The van der Waals surface area contributed by atoms with Crippen LogP contribution in [0.1, 0.15) is 11.3 Å². The van der Waals surface area contributed by atoms with Crippen LogP contribution in [0.5, 0.6) is 5.75 Å². The fourth-order valence-corrected chi connectivity index (χ4v) is 2.81. The van der Waals surface area contributed by atoms with E-state index in [2.05, 4.69) is 9.71 Å². The number of rotatable bonds is 5. The van der Waals surface area contributed by atoms with Crippen molar-refractivity contribution in [1.29, 1.82) is 5.26 Å². The molecule has 1 N–H and O–H groups in total. The summed E-state index contributed by atoms with van der Waals surface area (Å²) in [6, 6.07) is 11.6. The molecule has 1 aromatic carbocycles. The van der Waals surface area contributed by atoms with Crippen molar-refractivity contribution in [2.45, 2.75) is 11.4 Å². The van der Waals surface area contributed by atoms with Gasteiger partial charge in [0, 0.05) is 12.7 Å². The van der Waals surface area contributed by atoms with Crippen LogP contribution in [0.4, 0.5) is 0 Å². The molecule has 1 heterocycles. The third-order valence-corrected chi connectivity index (χ3v) is 4.22. The molecular formula is C14H13N3O3S. The van der Waals surface area contributed by atoms with E-state index in [0.29, 0.717) is 5.75 Å². The Morgan fingerprint density at radius 1 is 1.29 bits per heavy atom.